The van der Waals surface area contributed by atoms with Crippen LogP contribution in [0.4, 0.5) is 0 Å². The van der Waals surface area contributed by atoms with Gasteiger partial charge in [0.1, 0.15) is 5.75 Å². The van der Waals surface area contributed by atoms with Gasteiger partial charge >= 0.3 is 0 Å². The van der Waals surface area contributed by atoms with Crippen LogP contribution in [0.5, 0.6) is 17.2 Å². The molecule has 1 aliphatic heterocycles. The number of fused-ring (bicyclic) bond motifs is 1. The lowest BCUT2D eigenvalue weighted by Crippen LogP contribution is -2.30. The fourth-order valence-corrected chi connectivity index (χ4v) is 1.61. The molecular formula is C12H13NO4. The smallest absolute Gasteiger partial charge is 0.258 e. The minimum absolute atomic E-state index is 0.0378. The molecule has 0 saturated heterocycles. The van der Waals surface area contributed by atoms with Gasteiger partial charge in [-0.3, -0.25) is 4.79 Å². The van der Waals surface area contributed by atoms with Gasteiger partial charge in [0.05, 0.1) is 0 Å². The fourth-order valence-electron chi connectivity index (χ4n) is 1.61. The van der Waals surface area contributed by atoms with Crippen molar-refractivity contribution in [3.05, 3.63) is 18.2 Å². The largest absolute Gasteiger partial charge is 0.484 e. The van der Waals surface area contributed by atoms with E-state index in [9.17, 15) is 4.79 Å². The number of rotatable bonds is 4. The number of ether oxygens (including phenoxy) is 3. The molecule has 1 fully saturated rings. The summed E-state index contributed by atoms with van der Waals surface area (Å²) in [6, 6.07) is 5.63. The van der Waals surface area contributed by atoms with Gasteiger partial charge in [0.25, 0.3) is 5.91 Å². The number of carbonyl (C=O) groups is 1. The lowest BCUT2D eigenvalue weighted by molar-refractivity contribution is -0.123. The molecule has 0 atom stereocenters. The molecule has 1 heterocycles. The molecule has 17 heavy (non-hydrogen) atoms. The van der Waals surface area contributed by atoms with Gasteiger partial charge in [0.15, 0.2) is 18.1 Å². The van der Waals surface area contributed by atoms with Crippen molar-refractivity contribution in [2.24, 2.45) is 0 Å². The molecule has 0 radical (unpaired) electrons. The maximum absolute atomic E-state index is 11.4. The Morgan fingerprint density at radius 1 is 1.35 bits per heavy atom. The molecule has 3 rings (SSSR count). The molecule has 0 bridgehead atoms. The van der Waals surface area contributed by atoms with E-state index in [1.807, 2.05) is 0 Å². The van der Waals surface area contributed by atoms with Gasteiger partial charge in [0, 0.05) is 12.1 Å². The van der Waals surface area contributed by atoms with Crippen molar-refractivity contribution in [2.45, 2.75) is 18.9 Å². The van der Waals surface area contributed by atoms with Gasteiger partial charge < -0.3 is 19.5 Å². The maximum atomic E-state index is 11.4. The maximum Gasteiger partial charge on any atom is 0.258 e. The van der Waals surface area contributed by atoms with E-state index < -0.39 is 0 Å². The second kappa shape index (κ2) is 4.16. The Hall–Kier alpha value is -1.91. The first-order valence-corrected chi connectivity index (χ1v) is 5.63. The zero-order chi connectivity index (χ0) is 11.7. The van der Waals surface area contributed by atoms with Gasteiger partial charge in [-0.25, -0.2) is 0 Å². The van der Waals surface area contributed by atoms with Crippen LogP contribution in [0.1, 0.15) is 12.8 Å². The molecule has 90 valence electrons. The molecule has 1 aromatic rings. The van der Waals surface area contributed by atoms with Gasteiger partial charge in [-0.05, 0) is 25.0 Å². The Labute approximate surface area is 98.7 Å². The van der Waals surface area contributed by atoms with E-state index in [1.54, 1.807) is 18.2 Å². The van der Waals surface area contributed by atoms with Crippen LogP contribution in [0.2, 0.25) is 0 Å². The molecule has 5 heteroatoms. The second-order valence-corrected chi connectivity index (χ2v) is 4.15. The number of hydrogen-bond donors (Lipinski definition) is 1. The lowest BCUT2D eigenvalue weighted by Gasteiger charge is -2.07. The van der Waals surface area contributed by atoms with Crippen LogP contribution >= 0.6 is 0 Å². The molecular weight excluding hydrogens is 222 g/mol. The zero-order valence-electron chi connectivity index (χ0n) is 9.27. The topological polar surface area (TPSA) is 56.8 Å². The fraction of sp³-hybridized carbons (Fsp3) is 0.417. The van der Waals surface area contributed by atoms with E-state index >= 15 is 0 Å². The van der Waals surface area contributed by atoms with E-state index in [4.69, 9.17) is 14.2 Å². The van der Waals surface area contributed by atoms with Crippen LogP contribution in [-0.4, -0.2) is 25.3 Å². The predicted molar refractivity (Wildman–Crippen MR) is 59.2 cm³/mol. The van der Waals surface area contributed by atoms with Gasteiger partial charge in [0.2, 0.25) is 6.79 Å². The molecule has 1 saturated carbocycles. The first kappa shape index (κ1) is 10.3. The van der Waals surface area contributed by atoms with E-state index in [-0.39, 0.29) is 19.3 Å². The van der Waals surface area contributed by atoms with E-state index in [1.165, 1.54) is 0 Å². The highest BCUT2D eigenvalue weighted by Crippen LogP contribution is 2.35. The summed E-state index contributed by atoms with van der Waals surface area (Å²) < 4.78 is 15.8. The zero-order valence-corrected chi connectivity index (χ0v) is 9.27. The van der Waals surface area contributed by atoms with Crippen molar-refractivity contribution in [3.8, 4) is 17.2 Å². The molecule has 0 spiro atoms. The molecule has 1 N–H and O–H groups in total. The highest BCUT2D eigenvalue weighted by Gasteiger charge is 2.23. The summed E-state index contributed by atoms with van der Waals surface area (Å²) in [5.74, 6) is 1.90. The van der Waals surface area contributed by atoms with Crippen LogP contribution in [0.3, 0.4) is 0 Å². The summed E-state index contributed by atoms with van der Waals surface area (Å²) >= 11 is 0. The first-order valence-electron chi connectivity index (χ1n) is 5.63. The average molecular weight is 235 g/mol. The van der Waals surface area contributed by atoms with Crippen molar-refractivity contribution in [3.63, 3.8) is 0 Å². The van der Waals surface area contributed by atoms with Crippen LogP contribution in [0.25, 0.3) is 0 Å². The summed E-state index contributed by atoms with van der Waals surface area (Å²) in [4.78, 5) is 11.4. The monoisotopic (exact) mass is 235 g/mol. The molecule has 2 aliphatic rings. The van der Waals surface area contributed by atoms with Gasteiger partial charge in [-0.2, -0.15) is 0 Å². The third-order valence-electron chi connectivity index (χ3n) is 2.66. The van der Waals surface area contributed by atoms with E-state index in [2.05, 4.69) is 5.32 Å². The second-order valence-electron chi connectivity index (χ2n) is 4.15. The highest BCUT2D eigenvalue weighted by molar-refractivity contribution is 5.78. The summed E-state index contributed by atoms with van der Waals surface area (Å²) in [7, 11) is 0. The lowest BCUT2D eigenvalue weighted by atomic mass is 10.3. The SMILES string of the molecule is O=C(COc1ccc2c(c1)OCO2)NC1CC1. The third-order valence-corrected chi connectivity index (χ3v) is 2.66. The number of carbonyl (C=O) groups excluding carboxylic acids is 1. The minimum Gasteiger partial charge on any atom is -0.484 e. The van der Waals surface area contributed by atoms with Crippen LogP contribution in [0.15, 0.2) is 18.2 Å². The number of benzene rings is 1. The molecule has 1 aliphatic carbocycles. The van der Waals surface area contributed by atoms with Crippen LogP contribution < -0.4 is 19.5 Å². The van der Waals surface area contributed by atoms with Crippen molar-refractivity contribution in [2.75, 3.05) is 13.4 Å². The molecule has 5 nitrogen and oxygen atoms in total. The highest BCUT2D eigenvalue weighted by atomic mass is 16.7. The standard InChI is InChI=1S/C12H13NO4/c14-12(13-8-1-2-8)6-15-9-3-4-10-11(5-9)17-7-16-10/h3-5,8H,1-2,6-7H2,(H,13,14). The quantitative estimate of drug-likeness (QED) is 0.848. The molecule has 0 unspecified atom stereocenters. The Morgan fingerprint density at radius 2 is 2.18 bits per heavy atom. The van der Waals surface area contributed by atoms with Crippen molar-refractivity contribution in [1.29, 1.82) is 0 Å². The van der Waals surface area contributed by atoms with Gasteiger partial charge in [-0.1, -0.05) is 0 Å². The summed E-state index contributed by atoms with van der Waals surface area (Å²) in [5, 5.41) is 2.86. The summed E-state index contributed by atoms with van der Waals surface area (Å²) in [5.41, 5.74) is 0. The third kappa shape index (κ3) is 2.43. The van der Waals surface area contributed by atoms with Crippen molar-refractivity contribution >= 4 is 5.91 Å². The molecule has 1 amide bonds. The Balaban J connectivity index is 1.55. The van der Waals surface area contributed by atoms with E-state index in [0.717, 1.165) is 12.8 Å². The Morgan fingerprint density at radius 3 is 3.00 bits per heavy atom. The molecule has 0 aromatic heterocycles. The van der Waals surface area contributed by atoms with Crippen LogP contribution in [-0.2, 0) is 4.79 Å². The minimum atomic E-state index is -0.0785. The molecule has 1 aromatic carbocycles. The van der Waals surface area contributed by atoms with Gasteiger partial charge in [-0.15, -0.1) is 0 Å². The van der Waals surface area contributed by atoms with Crippen molar-refractivity contribution < 1.29 is 19.0 Å². The number of nitrogens with one attached hydrogen (secondary N) is 1. The van der Waals surface area contributed by atoms with E-state index in [0.29, 0.717) is 23.3 Å². The summed E-state index contributed by atoms with van der Waals surface area (Å²) in [6.07, 6.45) is 2.16. The normalized spacial score (nSPS) is 16.7. The Kier molecular flexibility index (Phi) is 2.51. The van der Waals surface area contributed by atoms with Crippen LogP contribution in [0, 0.1) is 0 Å². The average Bonchev–Trinajstić information content (AvgIpc) is 3.01. The summed E-state index contributed by atoms with van der Waals surface area (Å²) in [6.45, 7) is 0.275. The predicted octanol–water partition coefficient (Wildman–Crippen LogP) is 1.07. The number of amides is 1. The first-order chi connectivity index (χ1) is 8.31. The van der Waals surface area contributed by atoms with Crippen molar-refractivity contribution in [1.82, 2.24) is 5.32 Å². The Bertz CT molecular complexity index is 442. The number of hydrogen-bond acceptors (Lipinski definition) is 4.